The number of Topliss-reactive ketones (excluding diaryl/α,β-unsaturated/α-hetero) is 1. The predicted octanol–water partition coefficient (Wildman–Crippen LogP) is 3.10. The van der Waals surface area contributed by atoms with Gasteiger partial charge in [0.25, 0.3) is 0 Å². The lowest BCUT2D eigenvalue weighted by Gasteiger charge is -2.15. The van der Waals surface area contributed by atoms with Crippen molar-refractivity contribution in [3.63, 3.8) is 0 Å². The Hall–Kier alpha value is -0.590. The van der Waals surface area contributed by atoms with E-state index in [-0.39, 0.29) is 5.92 Å². The van der Waals surface area contributed by atoms with Crippen LogP contribution in [0.15, 0.2) is 11.1 Å². The molecule has 1 fully saturated rings. The molecule has 2 atom stereocenters. The van der Waals surface area contributed by atoms with Crippen LogP contribution in [0, 0.1) is 11.8 Å². The molecule has 0 bridgehead atoms. The summed E-state index contributed by atoms with van der Waals surface area (Å²) in [6.07, 6.45) is 6.41. The summed E-state index contributed by atoms with van der Waals surface area (Å²) < 4.78 is 0. The van der Waals surface area contributed by atoms with Crippen LogP contribution in [0.25, 0.3) is 0 Å². The minimum atomic E-state index is 0.285. The third-order valence-corrected chi connectivity index (χ3v) is 3.78. The van der Waals surface area contributed by atoms with Crippen molar-refractivity contribution in [3.05, 3.63) is 11.1 Å². The largest absolute Gasteiger partial charge is 0.294 e. The molecule has 2 aliphatic carbocycles. The van der Waals surface area contributed by atoms with Gasteiger partial charge in [-0.05, 0) is 37.7 Å². The lowest BCUT2D eigenvalue weighted by molar-refractivity contribution is -0.118. The van der Waals surface area contributed by atoms with Crippen LogP contribution in [0.1, 0.15) is 46.0 Å². The van der Waals surface area contributed by atoms with E-state index < -0.39 is 0 Å². The first-order chi connectivity index (χ1) is 6.22. The van der Waals surface area contributed by atoms with Gasteiger partial charge in [-0.1, -0.05) is 25.3 Å². The van der Waals surface area contributed by atoms with Gasteiger partial charge in [-0.25, -0.2) is 0 Å². The summed E-state index contributed by atoms with van der Waals surface area (Å²) >= 11 is 0. The number of hydrogen-bond donors (Lipinski definition) is 0. The van der Waals surface area contributed by atoms with E-state index in [9.17, 15) is 4.79 Å². The van der Waals surface area contributed by atoms with E-state index >= 15 is 0 Å². The summed E-state index contributed by atoms with van der Waals surface area (Å²) in [5, 5.41) is 0. The fraction of sp³-hybridized carbons (Fsp3) is 0.750. The van der Waals surface area contributed by atoms with Gasteiger partial charge in [-0.15, -0.1) is 0 Å². The minimum Gasteiger partial charge on any atom is -0.294 e. The Kier molecular flexibility index (Phi) is 2.27. The summed E-state index contributed by atoms with van der Waals surface area (Å²) in [6.45, 7) is 4.13. The van der Waals surface area contributed by atoms with Crippen LogP contribution < -0.4 is 0 Å². The summed E-state index contributed by atoms with van der Waals surface area (Å²) in [5.41, 5.74) is 2.59. The number of carbonyl (C=O) groups excluding carboxylic acids is 1. The summed E-state index contributed by atoms with van der Waals surface area (Å²) in [5.74, 6) is 1.31. The molecule has 72 valence electrons. The first-order valence-corrected chi connectivity index (χ1v) is 5.45. The van der Waals surface area contributed by atoms with Crippen molar-refractivity contribution in [2.24, 2.45) is 11.8 Å². The van der Waals surface area contributed by atoms with E-state index in [0.29, 0.717) is 11.7 Å². The van der Waals surface area contributed by atoms with Crippen molar-refractivity contribution in [1.82, 2.24) is 0 Å². The molecule has 0 heterocycles. The molecule has 13 heavy (non-hydrogen) atoms. The summed E-state index contributed by atoms with van der Waals surface area (Å²) in [6, 6.07) is 0. The Morgan fingerprint density at radius 2 is 2.00 bits per heavy atom. The third-order valence-electron chi connectivity index (χ3n) is 3.78. The van der Waals surface area contributed by atoms with Gasteiger partial charge in [0.1, 0.15) is 0 Å². The van der Waals surface area contributed by atoms with Crippen molar-refractivity contribution in [2.45, 2.75) is 46.0 Å². The van der Waals surface area contributed by atoms with Crippen LogP contribution in [0.3, 0.4) is 0 Å². The maximum atomic E-state index is 11.7. The number of carbonyl (C=O) groups is 1. The van der Waals surface area contributed by atoms with Crippen LogP contribution in [0.5, 0.6) is 0 Å². The fourth-order valence-electron chi connectivity index (χ4n) is 2.92. The van der Waals surface area contributed by atoms with Crippen LogP contribution in [-0.4, -0.2) is 5.78 Å². The molecule has 2 aliphatic rings. The number of ketones is 1. The molecular weight excluding hydrogens is 160 g/mol. The zero-order valence-corrected chi connectivity index (χ0v) is 8.60. The fourth-order valence-corrected chi connectivity index (χ4v) is 2.92. The molecule has 1 nitrogen and oxygen atoms in total. The second kappa shape index (κ2) is 3.28. The Bertz CT molecular complexity index is 262. The summed E-state index contributed by atoms with van der Waals surface area (Å²) in [7, 11) is 0. The van der Waals surface area contributed by atoms with Crippen molar-refractivity contribution in [1.29, 1.82) is 0 Å². The molecule has 0 radical (unpaired) electrons. The topological polar surface area (TPSA) is 17.1 Å². The van der Waals surface area contributed by atoms with Gasteiger partial charge < -0.3 is 0 Å². The maximum absolute atomic E-state index is 11.7. The second-order valence-electron chi connectivity index (χ2n) is 4.51. The monoisotopic (exact) mass is 178 g/mol. The third kappa shape index (κ3) is 1.34. The number of fused-ring (bicyclic) bond motifs is 1. The lowest BCUT2D eigenvalue weighted by atomic mass is 9.88. The lowest BCUT2D eigenvalue weighted by Crippen LogP contribution is -2.13. The molecule has 0 aromatic heterocycles. The molecule has 0 aromatic carbocycles. The van der Waals surface area contributed by atoms with E-state index in [1.165, 1.54) is 37.7 Å². The van der Waals surface area contributed by atoms with E-state index in [2.05, 4.69) is 6.92 Å². The Morgan fingerprint density at radius 1 is 1.23 bits per heavy atom. The minimum absolute atomic E-state index is 0.285. The highest BCUT2D eigenvalue weighted by Gasteiger charge is 2.36. The first-order valence-electron chi connectivity index (χ1n) is 5.45. The predicted molar refractivity (Wildman–Crippen MR) is 53.4 cm³/mol. The second-order valence-corrected chi connectivity index (χ2v) is 4.51. The van der Waals surface area contributed by atoms with Gasteiger partial charge in [-0.2, -0.15) is 0 Å². The molecule has 0 aliphatic heterocycles. The molecule has 1 saturated carbocycles. The zero-order chi connectivity index (χ0) is 9.42. The number of allylic oxidation sites excluding steroid dienone is 2. The molecule has 0 amide bonds. The quantitative estimate of drug-likeness (QED) is 0.557. The molecule has 0 unspecified atom stereocenters. The molecule has 0 N–H and O–H groups in total. The van der Waals surface area contributed by atoms with E-state index in [0.717, 1.165) is 5.57 Å². The Morgan fingerprint density at radius 3 is 2.77 bits per heavy atom. The van der Waals surface area contributed by atoms with Crippen molar-refractivity contribution in [3.8, 4) is 0 Å². The van der Waals surface area contributed by atoms with Crippen molar-refractivity contribution >= 4 is 5.78 Å². The highest BCUT2D eigenvalue weighted by Crippen LogP contribution is 2.41. The molecule has 0 aromatic rings. The van der Waals surface area contributed by atoms with Crippen LogP contribution >= 0.6 is 0 Å². The highest BCUT2D eigenvalue weighted by molar-refractivity contribution is 6.00. The highest BCUT2D eigenvalue weighted by atomic mass is 16.1. The van der Waals surface area contributed by atoms with Gasteiger partial charge in [0.15, 0.2) is 5.78 Å². The first kappa shape index (κ1) is 8.98. The summed E-state index contributed by atoms with van der Waals surface area (Å²) in [4.78, 5) is 11.7. The average Bonchev–Trinajstić information content (AvgIpc) is 2.40. The molecular formula is C12H18O. The smallest absolute Gasteiger partial charge is 0.161 e. The number of hydrogen-bond acceptors (Lipinski definition) is 1. The molecule has 0 saturated heterocycles. The van der Waals surface area contributed by atoms with E-state index in [1.807, 2.05) is 6.92 Å². The normalized spacial score (nSPS) is 34.8. The van der Waals surface area contributed by atoms with Gasteiger partial charge in [0.05, 0.1) is 0 Å². The van der Waals surface area contributed by atoms with Crippen molar-refractivity contribution < 1.29 is 4.79 Å². The zero-order valence-electron chi connectivity index (χ0n) is 8.60. The van der Waals surface area contributed by atoms with Gasteiger partial charge in [0, 0.05) is 5.92 Å². The standard InChI is InChI=1S/C12H18O/c1-8-10-6-4-3-5-7-11(10)9(2)12(8)13/h8,10H,3-7H2,1-2H3/t8-,10+/m0/s1. The van der Waals surface area contributed by atoms with E-state index in [1.54, 1.807) is 0 Å². The molecule has 0 spiro atoms. The maximum Gasteiger partial charge on any atom is 0.161 e. The average molecular weight is 178 g/mol. The molecule has 2 rings (SSSR count). The van der Waals surface area contributed by atoms with Crippen LogP contribution in [0.2, 0.25) is 0 Å². The van der Waals surface area contributed by atoms with Crippen LogP contribution in [0.4, 0.5) is 0 Å². The van der Waals surface area contributed by atoms with E-state index in [4.69, 9.17) is 0 Å². The van der Waals surface area contributed by atoms with Crippen molar-refractivity contribution in [2.75, 3.05) is 0 Å². The Balaban J connectivity index is 2.31. The SMILES string of the molecule is CC1=C2CCCCC[C@@H]2[C@H](C)C1=O. The van der Waals surface area contributed by atoms with Crippen LogP contribution in [-0.2, 0) is 4.79 Å². The van der Waals surface area contributed by atoms with Gasteiger partial charge in [-0.3, -0.25) is 4.79 Å². The molecule has 1 heteroatoms. The Labute approximate surface area is 80.2 Å². The number of rotatable bonds is 0. The van der Waals surface area contributed by atoms with Gasteiger partial charge in [0.2, 0.25) is 0 Å². The van der Waals surface area contributed by atoms with Gasteiger partial charge >= 0.3 is 0 Å².